The Morgan fingerprint density at radius 3 is 2.59 bits per heavy atom. The van der Waals surface area contributed by atoms with Crippen molar-refractivity contribution in [3.63, 3.8) is 0 Å². The van der Waals surface area contributed by atoms with E-state index in [4.69, 9.17) is 9.47 Å². The molecule has 1 aliphatic heterocycles. The van der Waals surface area contributed by atoms with E-state index < -0.39 is 29.9 Å². The van der Waals surface area contributed by atoms with Crippen LogP contribution in [0.1, 0.15) is 36.2 Å². The highest BCUT2D eigenvalue weighted by molar-refractivity contribution is 5.96. The van der Waals surface area contributed by atoms with E-state index in [2.05, 4.69) is 16.0 Å². The van der Waals surface area contributed by atoms with Crippen molar-refractivity contribution in [3.05, 3.63) is 46.7 Å². The lowest BCUT2D eigenvalue weighted by Gasteiger charge is -2.28. The lowest BCUT2D eigenvalue weighted by Crippen LogP contribution is -2.51. The third kappa shape index (κ3) is 6.06. The first-order valence-corrected chi connectivity index (χ1v) is 9.33. The molecule has 0 radical (unpaired) electrons. The average molecular weight is 403 g/mol. The Kier molecular flexibility index (Phi) is 7.76. The first-order valence-electron chi connectivity index (χ1n) is 9.33. The Balaban J connectivity index is 1.99. The molecule has 1 atom stereocenters. The lowest BCUT2D eigenvalue weighted by molar-refractivity contribution is -0.142. The van der Waals surface area contributed by atoms with Crippen molar-refractivity contribution in [1.29, 1.82) is 0 Å². The molecule has 156 valence electrons. The third-order valence-electron chi connectivity index (χ3n) is 4.20. The Morgan fingerprint density at radius 1 is 1.17 bits per heavy atom. The Hall–Kier alpha value is -3.36. The molecule has 2 rings (SSSR count). The molecule has 3 amide bonds. The van der Waals surface area contributed by atoms with Crippen molar-refractivity contribution in [2.75, 3.05) is 19.8 Å². The molecule has 0 aliphatic carbocycles. The van der Waals surface area contributed by atoms with Crippen molar-refractivity contribution >= 4 is 23.9 Å². The Bertz CT molecular complexity index is 833. The number of amides is 3. The molecule has 0 aromatic heterocycles. The first-order chi connectivity index (χ1) is 13.8. The summed E-state index contributed by atoms with van der Waals surface area (Å²) >= 11 is 0. The quantitative estimate of drug-likeness (QED) is 0.560. The van der Waals surface area contributed by atoms with Crippen LogP contribution in [0.4, 0.5) is 4.79 Å². The number of aryl methyl sites for hydroxylation is 1. The summed E-state index contributed by atoms with van der Waals surface area (Å²) in [6, 6.07) is 5.90. The van der Waals surface area contributed by atoms with Crippen LogP contribution in [0.2, 0.25) is 0 Å². The van der Waals surface area contributed by atoms with Gasteiger partial charge < -0.3 is 25.4 Å². The topological polar surface area (TPSA) is 123 Å². The molecule has 9 nitrogen and oxygen atoms in total. The largest absolute Gasteiger partial charge is 0.463 e. The predicted molar refractivity (Wildman–Crippen MR) is 104 cm³/mol. The molecule has 0 saturated heterocycles. The summed E-state index contributed by atoms with van der Waals surface area (Å²) in [5.74, 6) is -1.70. The van der Waals surface area contributed by atoms with E-state index in [1.54, 1.807) is 32.0 Å². The van der Waals surface area contributed by atoms with Crippen LogP contribution in [0, 0.1) is 6.92 Å². The summed E-state index contributed by atoms with van der Waals surface area (Å²) in [5.41, 5.74) is 1.73. The standard InChI is InChI=1S/C20H25N3O6/c1-4-14-17(19(26)28-5-2)15(23-20(27)22-14)11-29-16(24)10-21-18(25)13-8-6-7-12(3)9-13/h6-9,14H,4-5,10-11H2,1-3H3,(H,21,25)(H2,22,23,27)/t14-/m1/s1. The van der Waals surface area contributed by atoms with E-state index in [1.165, 1.54) is 0 Å². The van der Waals surface area contributed by atoms with E-state index in [-0.39, 0.29) is 31.0 Å². The van der Waals surface area contributed by atoms with Gasteiger partial charge in [-0.15, -0.1) is 0 Å². The van der Waals surface area contributed by atoms with Gasteiger partial charge in [0.1, 0.15) is 13.2 Å². The molecule has 0 unspecified atom stereocenters. The molecular weight excluding hydrogens is 378 g/mol. The van der Waals surface area contributed by atoms with Gasteiger partial charge in [0.05, 0.1) is 23.9 Å². The Labute approximate surface area is 168 Å². The summed E-state index contributed by atoms with van der Waals surface area (Å²) in [7, 11) is 0. The van der Waals surface area contributed by atoms with Crippen LogP contribution in [0.5, 0.6) is 0 Å². The molecule has 0 bridgehead atoms. The molecule has 0 fully saturated rings. The maximum atomic E-state index is 12.3. The van der Waals surface area contributed by atoms with Crippen LogP contribution < -0.4 is 16.0 Å². The minimum atomic E-state index is -0.706. The summed E-state index contributed by atoms with van der Waals surface area (Å²) in [5, 5.41) is 7.59. The molecule has 1 aromatic carbocycles. The van der Waals surface area contributed by atoms with Crippen molar-refractivity contribution in [1.82, 2.24) is 16.0 Å². The van der Waals surface area contributed by atoms with Crippen molar-refractivity contribution in [2.24, 2.45) is 0 Å². The van der Waals surface area contributed by atoms with Gasteiger partial charge in [-0.05, 0) is 32.4 Å². The minimum Gasteiger partial charge on any atom is -0.463 e. The number of benzene rings is 1. The second-order valence-electron chi connectivity index (χ2n) is 6.38. The normalized spacial score (nSPS) is 15.8. The van der Waals surface area contributed by atoms with Gasteiger partial charge in [-0.2, -0.15) is 0 Å². The van der Waals surface area contributed by atoms with Crippen LogP contribution in [0.25, 0.3) is 0 Å². The summed E-state index contributed by atoms with van der Waals surface area (Å²) in [6.07, 6.45) is 0.464. The van der Waals surface area contributed by atoms with Gasteiger partial charge in [-0.25, -0.2) is 9.59 Å². The molecule has 1 aromatic rings. The summed E-state index contributed by atoms with van der Waals surface area (Å²) in [4.78, 5) is 48.2. The fourth-order valence-corrected chi connectivity index (χ4v) is 2.82. The third-order valence-corrected chi connectivity index (χ3v) is 4.20. The van der Waals surface area contributed by atoms with E-state index >= 15 is 0 Å². The highest BCUT2D eigenvalue weighted by Gasteiger charge is 2.32. The Morgan fingerprint density at radius 2 is 1.93 bits per heavy atom. The molecule has 0 saturated carbocycles. The van der Waals surface area contributed by atoms with Gasteiger partial charge in [0.25, 0.3) is 5.91 Å². The van der Waals surface area contributed by atoms with Gasteiger partial charge >= 0.3 is 18.0 Å². The first kappa shape index (κ1) is 21.9. The van der Waals surface area contributed by atoms with Crippen molar-refractivity contribution in [3.8, 4) is 0 Å². The van der Waals surface area contributed by atoms with Crippen LogP contribution in [-0.4, -0.2) is 49.7 Å². The molecule has 3 N–H and O–H groups in total. The maximum Gasteiger partial charge on any atom is 0.338 e. The number of esters is 2. The lowest BCUT2D eigenvalue weighted by atomic mass is 10.0. The predicted octanol–water partition coefficient (Wildman–Crippen LogP) is 1.18. The fourth-order valence-electron chi connectivity index (χ4n) is 2.82. The molecule has 1 aliphatic rings. The number of hydrogen-bond acceptors (Lipinski definition) is 6. The highest BCUT2D eigenvalue weighted by Crippen LogP contribution is 2.17. The minimum absolute atomic E-state index is 0.164. The van der Waals surface area contributed by atoms with Gasteiger partial charge in [0, 0.05) is 5.56 Å². The smallest absolute Gasteiger partial charge is 0.338 e. The molecule has 29 heavy (non-hydrogen) atoms. The average Bonchev–Trinajstić information content (AvgIpc) is 2.69. The number of carbonyl (C=O) groups excluding carboxylic acids is 4. The summed E-state index contributed by atoms with van der Waals surface area (Å²) in [6.45, 7) is 4.84. The molecule has 1 heterocycles. The van der Waals surface area contributed by atoms with Crippen LogP contribution >= 0.6 is 0 Å². The molecular formula is C20H25N3O6. The van der Waals surface area contributed by atoms with Crippen LogP contribution in [0.3, 0.4) is 0 Å². The molecule has 9 heteroatoms. The number of urea groups is 1. The molecule has 0 spiro atoms. The zero-order valence-electron chi connectivity index (χ0n) is 16.7. The zero-order valence-corrected chi connectivity index (χ0v) is 16.7. The van der Waals surface area contributed by atoms with Gasteiger partial charge in [-0.3, -0.25) is 9.59 Å². The van der Waals surface area contributed by atoms with Gasteiger partial charge in [0.15, 0.2) is 0 Å². The maximum absolute atomic E-state index is 12.3. The number of ether oxygens (including phenoxy) is 2. The zero-order chi connectivity index (χ0) is 21.4. The SMILES string of the molecule is CCOC(=O)C1=C(COC(=O)CNC(=O)c2cccc(C)c2)NC(=O)N[C@@H]1CC. The van der Waals surface area contributed by atoms with E-state index in [9.17, 15) is 19.2 Å². The van der Waals surface area contributed by atoms with Crippen LogP contribution in [-0.2, 0) is 19.1 Å². The second-order valence-corrected chi connectivity index (χ2v) is 6.38. The highest BCUT2D eigenvalue weighted by atomic mass is 16.5. The van der Waals surface area contributed by atoms with Crippen LogP contribution in [0.15, 0.2) is 35.5 Å². The number of nitrogens with one attached hydrogen (secondary N) is 3. The number of hydrogen-bond donors (Lipinski definition) is 3. The van der Waals surface area contributed by atoms with E-state index in [0.29, 0.717) is 12.0 Å². The van der Waals surface area contributed by atoms with Crippen molar-refractivity contribution in [2.45, 2.75) is 33.2 Å². The number of rotatable bonds is 8. The van der Waals surface area contributed by atoms with E-state index in [1.807, 2.05) is 13.0 Å². The van der Waals surface area contributed by atoms with Gasteiger partial charge in [0.2, 0.25) is 0 Å². The van der Waals surface area contributed by atoms with E-state index in [0.717, 1.165) is 5.56 Å². The summed E-state index contributed by atoms with van der Waals surface area (Å²) < 4.78 is 10.2. The fraction of sp³-hybridized carbons (Fsp3) is 0.400. The number of carbonyl (C=O) groups is 4. The monoisotopic (exact) mass is 403 g/mol. The van der Waals surface area contributed by atoms with Gasteiger partial charge in [-0.1, -0.05) is 24.6 Å². The second kappa shape index (κ2) is 10.3. The van der Waals surface area contributed by atoms with Crippen molar-refractivity contribution < 1.29 is 28.7 Å².